The van der Waals surface area contributed by atoms with Gasteiger partial charge in [0.05, 0.1) is 18.6 Å². The number of nitrogens with zero attached hydrogens (tertiary/aromatic N) is 1. The fraction of sp³-hybridized carbons (Fsp3) is 0.533. The van der Waals surface area contributed by atoms with Crippen molar-refractivity contribution in [2.45, 2.75) is 31.3 Å². The zero-order chi connectivity index (χ0) is 18.1. The average Bonchev–Trinajstić information content (AvgIpc) is 2.50. The van der Waals surface area contributed by atoms with Crippen LogP contribution in [-0.4, -0.2) is 54.7 Å². The number of sulfonamides is 1. The highest BCUT2D eigenvalue weighted by Gasteiger charge is 2.39. The van der Waals surface area contributed by atoms with Crippen LogP contribution in [0, 0.1) is 12.8 Å². The summed E-state index contributed by atoms with van der Waals surface area (Å²) in [6, 6.07) is 2.88. The summed E-state index contributed by atoms with van der Waals surface area (Å²) < 4.78 is 32.3. The molecule has 0 aromatic heterocycles. The number of rotatable bonds is 5. The Kier molecular flexibility index (Phi) is 5.74. The van der Waals surface area contributed by atoms with Gasteiger partial charge in [-0.2, -0.15) is 4.31 Å². The first-order valence-corrected chi connectivity index (χ1v) is 9.34. The number of aliphatic hydroxyl groups excluding tert-OH is 1. The van der Waals surface area contributed by atoms with Crippen LogP contribution in [0.5, 0.6) is 5.75 Å². The van der Waals surface area contributed by atoms with E-state index in [1.165, 1.54) is 6.07 Å². The quantitative estimate of drug-likeness (QED) is 0.805. The van der Waals surface area contributed by atoms with Gasteiger partial charge in [0.1, 0.15) is 10.6 Å². The molecule has 1 fully saturated rings. The molecule has 0 unspecified atom stereocenters. The molecule has 7 nitrogen and oxygen atoms in total. The molecule has 2 rings (SSSR count). The minimum absolute atomic E-state index is 0.00736. The third-order valence-corrected chi connectivity index (χ3v) is 6.30. The SMILES string of the molecule is CCOc1cc(C)c(Cl)cc1S(=O)(=O)N1CC[C@H](C(=O)O)[C@H](O)C1. The normalized spacial score (nSPS) is 22.3. The third-order valence-electron chi connectivity index (χ3n) is 4.00. The lowest BCUT2D eigenvalue weighted by Gasteiger charge is -2.33. The van der Waals surface area contributed by atoms with Gasteiger partial charge in [-0.05, 0) is 38.0 Å². The van der Waals surface area contributed by atoms with Crippen LogP contribution in [0.4, 0.5) is 0 Å². The number of ether oxygens (including phenoxy) is 1. The van der Waals surface area contributed by atoms with Gasteiger partial charge in [0, 0.05) is 18.1 Å². The zero-order valence-corrected chi connectivity index (χ0v) is 15.0. The van der Waals surface area contributed by atoms with Gasteiger partial charge in [0.15, 0.2) is 0 Å². The van der Waals surface area contributed by atoms with Crippen LogP contribution in [0.25, 0.3) is 0 Å². The number of aliphatic hydroxyl groups is 1. The van der Waals surface area contributed by atoms with Crippen molar-refractivity contribution in [2.75, 3.05) is 19.7 Å². The number of carboxylic acid groups (broad SMARTS) is 1. The van der Waals surface area contributed by atoms with Crippen LogP contribution in [0.3, 0.4) is 0 Å². The topological polar surface area (TPSA) is 104 Å². The molecule has 2 N–H and O–H groups in total. The lowest BCUT2D eigenvalue weighted by atomic mass is 9.95. The largest absolute Gasteiger partial charge is 0.492 e. The number of aliphatic carboxylic acids is 1. The monoisotopic (exact) mass is 377 g/mol. The highest BCUT2D eigenvalue weighted by molar-refractivity contribution is 7.89. The maximum atomic E-state index is 12.9. The van der Waals surface area contributed by atoms with Crippen molar-refractivity contribution in [1.82, 2.24) is 4.31 Å². The summed E-state index contributed by atoms with van der Waals surface area (Å²) in [6.07, 6.45) is -1.22. The molecule has 0 saturated carbocycles. The van der Waals surface area contributed by atoms with Crippen LogP contribution >= 0.6 is 11.6 Å². The number of aryl methyl sites for hydroxylation is 1. The molecule has 0 radical (unpaired) electrons. The summed E-state index contributed by atoms with van der Waals surface area (Å²) in [5, 5.41) is 19.3. The van der Waals surface area contributed by atoms with E-state index in [-0.39, 0.29) is 41.8 Å². The number of halogens is 1. The van der Waals surface area contributed by atoms with Crippen molar-refractivity contribution in [2.24, 2.45) is 5.92 Å². The molecule has 134 valence electrons. The van der Waals surface area contributed by atoms with Crippen molar-refractivity contribution in [3.05, 3.63) is 22.7 Å². The molecule has 1 aromatic rings. The molecule has 1 saturated heterocycles. The maximum Gasteiger partial charge on any atom is 0.309 e. The van der Waals surface area contributed by atoms with E-state index < -0.39 is 28.0 Å². The first-order valence-electron chi connectivity index (χ1n) is 7.52. The van der Waals surface area contributed by atoms with Gasteiger partial charge >= 0.3 is 5.97 Å². The summed E-state index contributed by atoms with van der Waals surface area (Å²) in [4.78, 5) is 11.0. The summed E-state index contributed by atoms with van der Waals surface area (Å²) in [5.41, 5.74) is 0.684. The zero-order valence-electron chi connectivity index (χ0n) is 13.4. The highest BCUT2D eigenvalue weighted by Crippen LogP contribution is 2.34. The van der Waals surface area contributed by atoms with Gasteiger partial charge in [0.25, 0.3) is 0 Å². The molecule has 0 aliphatic carbocycles. The Morgan fingerprint density at radius 1 is 1.46 bits per heavy atom. The molecule has 0 bridgehead atoms. The van der Waals surface area contributed by atoms with E-state index in [9.17, 15) is 18.3 Å². The molecule has 24 heavy (non-hydrogen) atoms. The molecule has 0 amide bonds. The first-order chi connectivity index (χ1) is 11.2. The average molecular weight is 378 g/mol. The second-order valence-electron chi connectivity index (χ2n) is 5.64. The van der Waals surface area contributed by atoms with Crippen LogP contribution in [-0.2, 0) is 14.8 Å². The predicted molar refractivity (Wildman–Crippen MR) is 87.9 cm³/mol. The van der Waals surface area contributed by atoms with Crippen molar-refractivity contribution >= 4 is 27.6 Å². The van der Waals surface area contributed by atoms with Crippen LogP contribution in [0.2, 0.25) is 5.02 Å². The minimum atomic E-state index is -3.97. The number of hydrogen-bond acceptors (Lipinski definition) is 5. The molecule has 1 aliphatic rings. The Hall–Kier alpha value is -1.35. The van der Waals surface area contributed by atoms with E-state index in [4.69, 9.17) is 21.4 Å². The second kappa shape index (κ2) is 7.26. The Morgan fingerprint density at radius 3 is 2.67 bits per heavy atom. The summed E-state index contributed by atoms with van der Waals surface area (Å²) >= 11 is 6.06. The number of carboxylic acids is 1. The van der Waals surface area contributed by atoms with E-state index >= 15 is 0 Å². The summed E-state index contributed by atoms with van der Waals surface area (Å²) in [7, 11) is -3.97. The van der Waals surface area contributed by atoms with Gasteiger partial charge in [0.2, 0.25) is 10.0 Å². The van der Waals surface area contributed by atoms with Gasteiger partial charge in [-0.1, -0.05) is 11.6 Å². The molecule has 1 aliphatic heterocycles. The Bertz CT molecular complexity index is 736. The third kappa shape index (κ3) is 3.66. The van der Waals surface area contributed by atoms with Gasteiger partial charge in [-0.25, -0.2) is 8.42 Å². The lowest BCUT2D eigenvalue weighted by molar-refractivity contribution is -0.147. The molecule has 0 spiro atoms. The Balaban J connectivity index is 2.38. The Morgan fingerprint density at radius 2 is 2.12 bits per heavy atom. The van der Waals surface area contributed by atoms with Gasteiger partial charge in [-0.3, -0.25) is 4.79 Å². The molecule has 1 heterocycles. The van der Waals surface area contributed by atoms with E-state index in [2.05, 4.69) is 0 Å². The van der Waals surface area contributed by atoms with E-state index in [0.29, 0.717) is 5.56 Å². The van der Waals surface area contributed by atoms with Crippen molar-refractivity contribution in [1.29, 1.82) is 0 Å². The van der Waals surface area contributed by atoms with Crippen molar-refractivity contribution in [3.8, 4) is 5.75 Å². The number of piperidine rings is 1. The maximum absolute atomic E-state index is 12.9. The lowest BCUT2D eigenvalue weighted by Crippen LogP contribution is -2.48. The van der Waals surface area contributed by atoms with Gasteiger partial charge < -0.3 is 14.9 Å². The molecule has 2 atom stereocenters. The first kappa shape index (κ1) is 19.0. The minimum Gasteiger partial charge on any atom is -0.492 e. The number of hydrogen-bond donors (Lipinski definition) is 2. The molecule has 1 aromatic carbocycles. The predicted octanol–water partition coefficient (Wildman–Crippen LogP) is 1.50. The molecular weight excluding hydrogens is 358 g/mol. The standard InChI is InChI=1S/C15H20ClNO6S/c1-3-23-13-6-9(2)11(16)7-14(13)24(21,22)17-5-4-10(15(19)20)12(18)8-17/h6-7,10,12,18H,3-5,8H2,1-2H3,(H,19,20)/t10-,12+/m0/s1. The van der Waals surface area contributed by atoms with Crippen LogP contribution in [0.15, 0.2) is 17.0 Å². The fourth-order valence-corrected chi connectivity index (χ4v) is 4.49. The van der Waals surface area contributed by atoms with Gasteiger partial charge in [-0.15, -0.1) is 0 Å². The summed E-state index contributed by atoms with van der Waals surface area (Å²) in [6.45, 7) is 3.49. The fourth-order valence-electron chi connectivity index (χ4n) is 2.65. The van der Waals surface area contributed by atoms with Crippen LogP contribution in [0.1, 0.15) is 18.9 Å². The smallest absolute Gasteiger partial charge is 0.309 e. The molecular formula is C15H20ClNO6S. The van der Waals surface area contributed by atoms with E-state index in [1.54, 1.807) is 19.9 Å². The number of benzene rings is 1. The molecule has 9 heteroatoms. The second-order valence-corrected chi connectivity index (χ2v) is 7.96. The number of carbonyl (C=O) groups is 1. The van der Waals surface area contributed by atoms with Crippen molar-refractivity contribution < 1.29 is 28.2 Å². The van der Waals surface area contributed by atoms with Crippen molar-refractivity contribution in [3.63, 3.8) is 0 Å². The van der Waals surface area contributed by atoms with E-state index in [1.807, 2.05) is 0 Å². The van der Waals surface area contributed by atoms with E-state index in [0.717, 1.165) is 4.31 Å². The highest BCUT2D eigenvalue weighted by atomic mass is 35.5. The summed E-state index contributed by atoms with van der Waals surface area (Å²) in [5.74, 6) is -1.91. The number of β-amino-alcohol motifs (C(OH)–C–C–N with tert-alkyl or cyclic N) is 1. The Labute approximate surface area is 145 Å². The van der Waals surface area contributed by atoms with Crippen LogP contribution < -0.4 is 4.74 Å².